The van der Waals surface area contributed by atoms with Crippen molar-refractivity contribution in [1.82, 2.24) is 15.6 Å². The minimum absolute atomic E-state index is 0.128. The van der Waals surface area contributed by atoms with Gasteiger partial charge in [0, 0.05) is 29.9 Å². The van der Waals surface area contributed by atoms with Crippen LogP contribution in [0.5, 0.6) is 0 Å². The Labute approximate surface area is 198 Å². The number of benzene rings is 2. The molecule has 180 valence electrons. The molecule has 34 heavy (non-hydrogen) atoms. The molecule has 0 fully saturated rings. The molecule has 0 bridgehead atoms. The summed E-state index contributed by atoms with van der Waals surface area (Å²) in [5.41, 5.74) is 8.31. The Morgan fingerprint density at radius 3 is 2.41 bits per heavy atom. The fourth-order valence-electron chi connectivity index (χ4n) is 3.92. The van der Waals surface area contributed by atoms with Gasteiger partial charge in [0.05, 0.1) is 0 Å². The Hall–Kier alpha value is -3.65. The molecule has 0 unspecified atom stereocenters. The van der Waals surface area contributed by atoms with E-state index in [0.29, 0.717) is 32.2 Å². The molecule has 0 aliphatic rings. The first-order valence-electron chi connectivity index (χ1n) is 11.6. The number of rotatable bonds is 13. The first-order valence-corrected chi connectivity index (χ1v) is 11.6. The largest absolute Gasteiger partial charge is 0.480 e. The highest BCUT2D eigenvalue weighted by Gasteiger charge is 2.27. The van der Waals surface area contributed by atoms with Crippen LogP contribution in [0.3, 0.4) is 0 Å². The lowest BCUT2D eigenvalue weighted by Crippen LogP contribution is -2.52. The van der Waals surface area contributed by atoms with E-state index in [1.807, 2.05) is 54.6 Å². The SMILES string of the molecule is NCCCC[C@H](NC(=O)CCc1ccccc1)C(=O)N[C@@H](Cc1c[nH]c2ccccc12)C(=O)O. The van der Waals surface area contributed by atoms with Gasteiger partial charge in [-0.25, -0.2) is 4.79 Å². The molecule has 0 radical (unpaired) electrons. The molecule has 3 aromatic rings. The van der Waals surface area contributed by atoms with Crippen LogP contribution in [-0.2, 0) is 27.2 Å². The van der Waals surface area contributed by atoms with Crippen molar-refractivity contribution >= 4 is 28.7 Å². The number of fused-ring (bicyclic) bond motifs is 1. The Morgan fingerprint density at radius 1 is 0.941 bits per heavy atom. The van der Waals surface area contributed by atoms with Gasteiger partial charge in [-0.2, -0.15) is 0 Å². The van der Waals surface area contributed by atoms with E-state index in [1.54, 1.807) is 6.20 Å². The fourth-order valence-corrected chi connectivity index (χ4v) is 3.92. The molecule has 0 aliphatic heterocycles. The molecule has 0 aliphatic carbocycles. The number of carboxylic acids is 1. The van der Waals surface area contributed by atoms with Crippen LogP contribution < -0.4 is 16.4 Å². The van der Waals surface area contributed by atoms with Gasteiger partial charge in [0.2, 0.25) is 11.8 Å². The maximum atomic E-state index is 13.0. The molecule has 3 rings (SSSR count). The van der Waals surface area contributed by atoms with E-state index in [-0.39, 0.29) is 18.7 Å². The smallest absolute Gasteiger partial charge is 0.326 e. The van der Waals surface area contributed by atoms with E-state index in [1.165, 1.54) is 0 Å². The lowest BCUT2D eigenvalue weighted by Gasteiger charge is -2.21. The zero-order chi connectivity index (χ0) is 24.3. The molecule has 1 aromatic heterocycles. The number of carboxylic acid groups (broad SMARTS) is 1. The number of aromatic amines is 1. The van der Waals surface area contributed by atoms with Crippen molar-refractivity contribution < 1.29 is 19.5 Å². The van der Waals surface area contributed by atoms with Crippen molar-refractivity contribution in [3.8, 4) is 0 Å². The number of unbranched alkanes of at least 4 members (excludes halogenated alkanes) is 1. The van der Waals surface area contributed by atoms with Gasteiger partial charge < -0.3 is 26.5 Å². The summed E-state index contributed by atoms with van der Waals surface area (Å²) in [6.45, 7) is 0.481. The third-order valence-electron chi connectivity index (χ3n) is 5.80. The molecule has 2 aromatic carbocycles. The average Bonchev–Trinajstić information content (AvgIpc) is 3.25. The number of para-hydroxylation sites is 1. The molecule has 0 spiro atoms. The lowest BCUT2D eigenvalue weighted by molar-refractivity contribution is -0.142. The quantitative estimate of drug-likeness (QED) is 0.248. The Morgan fingerprint density at radius 2 is 1.68 bits per heavy atom. The van der Waals surface area contributed by atoms with Crippen molar-refractivity contribution in [1.29, 1.82) is 0 Å². The van der Waals surface area contributed by atoms with Gasteiger partial charge in [0.15, 0.2) is 0 Å². The van der Waals surface area contributed by atoms with E-state index in [4.69, 9.17) is 5.73 Å². The zero-order valence-electron chi connectivity index (χ0n) is 19.1. The number of nitrogens with two attached hydrogens (primary N) is 1. The highest BCUT2D eigenvalue weighted by molar-refractivity contribution is 5.91. The van der Waals surface area contributed by atoms with E-state index >= 15 is 0 Å². The van der Waals surface area contributed by atoms with E-state index in [9.17, 15) is 19.5 Å². The summed E-state index contributed by atoms with van der Waals surface area (Å²) in [4.78, 5) is 40.6. The number of carbonyl (C=O) groups is 3. The molecule has 2 amide bonds. The van der Waals surface area contributed by atoms with Gasteiger partial charge in [0.1, 0.15) is 12.1 Å². The van der Waals surface area contributed by atoms with Crippen LogP contribution in [0.15, 0.2) is 60.8 Å². The predicted molar refractivity (Wildman–Crippen MR) is 131 cm³/mol. The van der Waals surface area contributed by atoms with Crippen molar-refractivity contribution in [2.24, 2.45) is 5.73 Å². The summed E-state index contributed by atoms with van der Waals surface area (Å²) in [6.07, 6.45) is 4.43. The van der Waals surface area contributed by atoms with Crippen LogP contribution in [0.25, 0.3) is 10.9 Å². The second-order valence-electron chi connectivity index (χ2n) is 8.35. The molecular formula is C26H32N4O4. The number of carbonyl (C=O) groups excluding carboxylic acids is 2. The van der Waals surface area contributed by atoms with Crippen molar-refractivity contribution in [3.05, 3.63) is 71.9 Å². The van der Waals surface area contributed by atoms with Crippen LogP contribution in [0, 0.1) is 0 Å². The number of hydrogen-bond acceptors (Lipinski definition) is 4. The third-order valence-corrected chi connectivity index (χ3v) is 5.80. The molecular weight excluding hydrogens is 432 g/mol. The summed E-state index contributed by atoms with van der Waals surface area (Å²) in [5, 5.41) is 16.1. The van der Waals surface area contributed by atoms with Gasteiger partial charge in [-0.3, -0.25) is 9.59 Å². The van der Waals surface area contributed by atoms with Crippen LogP contribution >= 0.6 is 0 Å². The summed E-state index contributed by atoms with van der Waals surface area (Å²) in [5.74, 6) is -1.88. The number of nitrogens with one attached hydrogen (secondary N) is 3. The van der Waals surface area contributed by atoms with Crippen LogP contribution in [0.1, 0.15) is 36.8 Å². The highest BCUT2D eigenvalue weighted by atomic mass is 16.4. The van der Waals surface area contributed by atoms with Crippen molar-refractivity contribution in [3.63, 3.8) is 0 Å². The molecule has 6 N–H and O–H groups in total. The van der Waals surface area contributed by atoms with Crippen LogP contribution in [0.4, 0.5) is 0 Å². The number of aliphatic carboxylic acids is 1. The highest BCUT2D eigenvalue weighted by Crippen LogP contribution is 2.19. The van der Waals surface area contributed by atoms with Crippen LogP contribution in [0.2, 0.25) is 0 Å². The van der Waals surface area contributed by atoms with Gasteiger partial charge in [-0.1, -0.05) is 48.5 Å². The molecule has 2 atom stereocenters. The van der Waals surface area contributed by atoms with Gasteiger partial charge in [-0.15, -0.1) is 0 Å². The molecule has 8 nitrogen and oxygen atoms in total. The van der Waals surface area contributed by atoms with E-state index in [0.717, 1.165) is 22.0 Å². The topological polar surface area (TPSA) is 137 Å². The fraction of sp³-hybridized carbons (Fsp3) is 0.346. The third kappa shape index (κ3) is 7.18. The van der Waals surface area contributed by atoms with Crippen molar-refractivity contribution in [2.45, 2.75) is 50.6 Å². The van der Waals surface area contributed by atoms with Crippen molar-refractivity contribution in [2.75, 3.05) is 6.54 Å². The molecule has 0 saturated carbocycles. The minimum Gasteiger partial charge on any atom is -0.480 e. The summed E-state index contributed by atoms with van der Waals surface area (Å²) < 4.78 is 0. The minimum atomic E-state index is -1.13. The zero-order valence-corrected chi connectivity index (χ0v) is 19.1. The number of hydrogen-bond donors (Lipinski definition) is 5. The first kappa shape index (κ1) is 25.0. The second kappa shape index (κ2) is 12.6. The second-order valence-corrected chi connectivity index (χ2v) is 8.35. The molecule has 8 heteroatoms. The number of amides is 2. The summed E-state index contributed by atoms with van der Waals surface area (Å²) >= 11 is 0. The Bertz CT molecular complexity index is 1100. The molecule has 1 heterocycles. The average molecular weight is 465 g/mol. The van der Waals surface area contributed by atoms with Crippen LogP contribution in [-0.4, -0.2) is 46.5 Å². The van der Waals surface area contributed by atoms with Gasteiger partial charge in [0.25, 0.3) is 0 Å². The summed E-state index contributed by atoms with van der Waals surface area (Å²) in [6, 6.07) is 15.3. The van der Waals surface area contributed by atoms with Gasteiger partial charge >= 0.3 is 5.97 Å². The Kier molecular flexibility index (Phi) is 9.22. The Balaban J connectivity index is 1.64. The lowest BCUT2D eigenvalue weighted by atomic mass is 10.0. The maximum Gasteiger partial charge on any atom is 0.326 e. The summed E-state index contributed by atoms with van der Waals surface area (Å²) in [7, 11) is 0. The first-order chi connectivity index (χ1) is 16.5. The predicted octanol–water partition coefficient (Wildman–Crippen LogP) is 2.53. The normalized spacial score (nSPS) is 12.7. The monoisotopic (exact) mass is 464 g/mol. The van der Waals surface area contributed by atoms with E-state index in [2.05, 4.69) is 15.6 Å². The standard InChI is InChI=1S/C26H32N4O4/c27-15-7-6-12-22(29-24(31)14-13-18-8-2-1-3-9-18)25(32)30-23(26(33)34)16-19-17-28-21-11-5-4-10-20(19)21/h1-5,8-11,17,22-23,28H,6-7,12-16,27H2,(H,29,31)(H,30,32)(H,33,34)/t22-,23-/m0/s1. The number of aromatic nitrogens is 1. The maximum absolute atomic E-state index is 13.0. The number of H-pyrrole nitrogens is 1. The number of aryl methyl sites for hydroxylation is 1. The van der Waals surface area contributed by atoms with Gasteiger partial charge in [-0.05, 0) is 49.4 Å². The van der Waals surface area contributed by atoms with E-state index < -0.39 is 24.0 Å². The molecule has 0 saturated heterocycles.